The van der Waals surface area contributed by atoms with E-state index in [-0.39, 0.29) is 25.6 Å². The van der Waals surface area contributed by atoms with Crippen LogP contribution in [0.25, 0.3) is 0 Å². The van der Waals surface area contributed by atoms with Gasteiger partial charge in [0.05, 0.1) is 17.0 Å². The Hall–Kier alpha value is -3.13. The van der Waals surface area contributed by atoms with E-state index in [1.54, 1.807) is 0 Å². The van der Waals surface area contributed by atoms with Crippen LogP contribution in [0.5, 0.6) is 5.75 Å². The summed E-state index contributed by atoms with van der Waals surface area (Å²) in [6.45, 7) is 0.838. The summed E-state index contributed by atoms with van der Waals surface area (Å²) in [5.74, 6) is -4.31. The van der Waals surface area contributed by atoms with Crippen LogP contribution >= 0.6 is 22.9 Å². The van der Waals surface area contributed by atoms with Crippen LogP contribution in [0.15, 0.2) is 47.4 Å². The highest BCUT2D eigenvalue weighted by atomic mass is 35.5. The van der Waals surface area contributed by atoms with Crippen LogP contribution in [0.1, 0.15) is 23.8 Å². The molecule has 1 aliphatic rings. The van der Waals surface area contributed by atoms with Crippen molar-refractivity contribution < 1.29 is 36.6 Å². The second-order valence-corrected chi connectivity index (χ2v) is 11.2. The molecule has 0 bridgehead atoms. The van der Waals surface area contributed by atoms with Crippen LogP contribution in [0.3, 0.4) is 0 Å². The number of hydrogen-bond donors (Lipinski definition) is 2. The first kappa shape index (κ1) is 25.9. The number of aromatic nitrogens is 1. The summed E-state index contributed by atoms with van der Waals surface area (Å²) in [4.78, 5) is 28.1. The van der Waals surface area contributed by atoms with Gasteiger partial charge < -0.3 is 9.84 Å². The summed E-state index contributed by atoms with van der Waals surface area (Å²) in [5.41, 5.74) is 0.222. The minimum atomic E-state index is -3.68. The van der Waals surface area contributed by atoms with Crippen molar-refractivity contribution in [3.63, 3.8) is 0 Å². The number of carboxylic acid groups (broad SMARTS) is 1. The van der Waals surface area contributed by atoms with Crippen molar-refractivity contribution >= 4 is 50.0 Å². The molecule has 4 rings (SSSR count). The molecule has 2 aromatic carbocycles. The maximum absolute atomic E-state index is 14.3. The first-order chi connectivity index (χ1) is 17.0. The van der Waals surface area contributed by atoms with Gasteiger partial charge in [-0.05, 0) is 30.7 Å². The number of aliphatic carboxylic acids is 1. The average Bonchev–Trinajstić information content (AvgIpc) is 3.09. The maximum Gasteiger partial charge on any atom is 0.309 e. The van der Waals surface area contributed by atoms with Gasteiger partial charge >= 0.3 is 5.97 Å². The Balaban J connectivity index is 1.63. The van der Waals surface area contributed by atoms with Gasteiger partial charge in [-0.15, -0.1) is 0 Å². The number of benzene rings is 2. The van der Waals surface area contributed by atoms with Crippen LogP contribution in [0, 0.1) is 11.6 Å². The van der Waals surface area contributed by atoms with E-state index < -0.39 is 51.8 Å². The van der Waals surface area contributed by atoms with Crippen LogP contribution < -0.4 is 10.1 Å². The summed E-state index contributed by atoms with van der Waals surface area (Å²) in [6, 6.07) is 7.86. The summed E-state index contributed by atoms with van der Waals surface area (Å²) >= 11 is 6.82. The Morgan fingerprint density at radius 3 is 2.47 bits per heavy atom. The number of thiazole rings is 1. The van der Waals surface area contributed by atoms with E-state index >= 15 is 0 Å². The Morgan fingerprint density at radius 2 is 1.89 bits per heavy atom. The third-order valence-electron chi connectivity index (χ3n) is 5.21. The Bertz CT molecular complexity index is 1410. The van der Waals surface area contributed by atoms with Gasteiger partial charge in [0, 0.05) is 24.7 Å². The van der Waals surface area contributed by atoms with Crippen molar-refractivity contribution in [1.29, 1.82) is 0 Å². The lowest BCUT2D eigenvalue weighted by molar-refractivity contribution is -0.136. The van der Waals surface area contributed by atoms with E-state index in [0.29, 0.717) is 19.2 Å². The molecular weight excluding hydrogens is 540 g/mol. The lowest BCUT2D eigenvalue weighted by Crippen LogP contribution is -2.41. The normalized spacial score (nSPS) is 14.6. The number of carbonyl (C=O) groups excluding carboxylic acids is 1. The highest BCUT2D eigenvalue weighted by molar-refractivity contribution is 7.89. The number of sulfonamides is 1. The van der Waals surface area contributed by atoms with Gasteiger partial charge in [0.25, 0.3) is 5.91 Å². The highest BCUT2D eigenvalue weighted by Gasteiger charge is 2.31. The third kappa shape index (κ3) is 5.64. The fraction of sp³-hybridized carbons (Fsp3) is 0.227. The molecular formula is C22H18ClF2N3O6S2. The van der Waals surface area contributed by atoms with E-state index in [0.717, 1.165) is 29.9 Å². The monoisotopic (exact) mass is 557 g/mol. The number of ether oxygens (including phenoxy) is 1. The quantitative estimate of drug-likeness (QED) is 0.409. The van der Waals surface area contributed by atoms with E-state index in [1.807, 2.05) is 0 Å². The molecule has 1 atom stereocenters. The molecule has 3 aromatic rings. The van der Waals surface area contributed by atoms with Crippen molar-refractivity contribution in [3.05, 3.63) is 69.7 Å². The van der Waals surface area contributed by atoms with Crippen molar-refractivity contribution in [2.45, 2.75) is 23.8 Å². The molecule has 0 spiro atoms. The van der Waals surface area contributed by atoms with Crippen molar-refractivity contribution in [2.75, 3.05) is 18.4 Å². The van der Waals surface area contributed by atoms with Crippen molar-refractivity contribution in [2.24, 2.45) is 0 Å². The molecule has 14 heteroatoms. The molecule has 0 saturated carbocycles. The minimum absolute atomic E-state index is 0.0167. The van der Waals surface area contributed by atoms with E-state index in [4.69, 9.17) is 21.4 Å². The number of carbonyl (C=O) groups is 2. The zero-order valence-electron chi connectivity index (χ0n) is 18.3. The molecule has 1 amide bonds. The van der Waals surface area contributed by atoms with Crippen LogP contribution in [-0.4, -0.2) is 47.8 Å². The average molecular weight is 558 g/mol. The van der Waals surface area contributed by atoms with Crippen LogP contribution in [-0.2, 0) is 26.0 Å². The Labute approximate surface area is 213 Å². The van der Waals surface area contributed by atoms with Gasteiger partial charge in [-0.25, -0.2) is 22.2 Å². The molecule has 0 radical (unpaired) electrons. The van der Waals surface area contributed by atoms with Crippen LogP contribution in [0.4, 0.5) is 13.9 Å². The molecule has 0 aliphatic carbocycles. The second-order valence-electron chi connectivity index (χ2n) is 7.70. The molecule has 1 saturated heterocycles. The summed E-state index contributed by atoms with van der Waals surface area (Å²) in [6.07, 6.45) is -1.19. The first-order valence-corrected chi connectivity index (χ1v) is 13.1. The number of nitrogens with one attached hydrogen (secondary N) is 1. The van der Waals surface area contributed by atoms with Gasteiger partial charge in [-0.3, -0.25) is 14.9 Å². The Kier molecular flexibility index (Phi) is 7.54. The molecule has 36 heavy (non-hydrogen) atoms. The molecule has 9 nitrogen and oxygen atoms in total. The van der Waals surface area contributed by atoms with Crippen molar-refractivity contribution in [3.8, 4) is 5.75 Å². The van der Waals surface area contributed by atoms with Gasteiger partial charge in [-0.2, -0.15) is 4.31 Å². The molecule has 2 heterocycles. The topological polar surface area (TPSA) is 126 Å². The summed E-state index contributed by atoms with van der Waals surface area (Å²) in [5, 5.41) is 11.4. The number of nitrogens with zero attached hydrogens (tertiary/aromatic N) is 2. The first-order valence-electron chi connectivity index (χ1n) is 10.4. The largest absolute Gasteiger partial charge is 0.481 e. The predicted molar refractivity (Wildman–Crippen MR) is 127 cm³/mol. The van der Waals surface area contributed by atoms with E-state index in [9.17, 15) is 26.8 Å². The SMILES string of the molecule is O=C(O)Cc1nc(NC(=O)C(Oc2ccc(F)cc2F)c2ccc(S(=O)(=O)N3CCC3)cc2)sc1Cl. The Morgan fingerprint density at radius 1 is 1.19 bits per heavy atom. The van der Waals surface area contributed by atoms with Gasteiger partial charge in [0.1, 0.15) is 10.2 Å². The fourth-order valence-electron chi connectivity index (χ4n) is 3.27. The number of rotatable bonds is 9. The van der Waals surface area contributed by atoms with E-state index in [2.05, 4.69) is 10.3 Å². The maximum atomic E-state index is 14.3. The third-order valence-corrected chi connectivity index (χ3v) is 8.38. The molecule has 1 unspecified atom stereocenters. The lowest BCUT2D eigenvalue weighted by atomic mass is 10.1. The number of carboxylic acids is 1. The molecule has 1 aromatic heterocycles. The van der Waals surface area contributed by atoms with Crippen molar-refractivity contribution in [1.82, 2.24) is 9.29 Å². The molecule has 1 aliphatic heterocycles. The van der Waals surface area contributed by atoms with Crippen LogP contribution in [0.2, 0.25) is 4.34 Å². The lowest BCUT2D eigenvalue weighted by Gasteiger charge is -2.29. The van der Waals surface area contributed by atoms with E-state index in [1.165, 1.54) is 28.6 Å². The second kappa shape index (κ2) is 10.5. The number of hydrogen-bond acceptors (Lipinski definition) is 7. The smallest absolute Gasteiger partial charge is 0.309 e. The zero-order chi connectivity index (χ0) is 26.0. The predicted octanol–water partition coefficient (Wildman–Crippen LogP) is 3.86. The highest BCUT2D eigenvalue weighted by Crippen LogP contribution is 2.32. The molecule has 1 fully saturated rings. The van der Waals surface area contributed by atoms with Gasteiger partial charge in [-0.1, -0.05) is 35.1 Å². The number of amides is 1. The molecule has 190 valence electrons. The zero-order valence-corrected chi connectivity index (χ0v) is 20.7. The van der Waals surface area contributed by atoms with Gasteiger partial charge in [0.2, 0.25) is 16.1 Å². The molecule has 2 N–H and O–H groups in total. The minimum Gasteiger partial charge on any atom is -0.481 e. The summed E-state index contributed by atoms with van der Waals surface area (Å²) < 4.78 is 59.8. The number of halogens is 3. The fourth-order valence-corrected chi connectivity index (χ4v) is 5.83. The standard InChI is InChI=1S/C22H18ClF2N3O6S2/c23-20-16(11-18(29)30)26-22(35-20)27-21(31)19(34-17-7-4-13(24)10-15(17)25)12-2-5-14(6-3-12)36(32,33)28-8-1-9-28/h2-7,10,19H,1,8-9,11H2,(H,29,30)(H,26,27,31). The van der Waals surface area contributed by atoms with Gasteiger partial charge in [0.15, 0.2) is 16.7 Å². The number of anilines is 1. The summed E-state index contributed by atoms with van der Waals surface area (Å²) in [7, 11) is -3.68.